The summed E-state index contributed by atoms with van der Waals surface area (Å²) in [5.74, 6) is 1.61. The molecular formula is C39H70N3O+. The van der Waals surface area contributed by atoms with E-state index in [-0.39, 0.29) is 5.91 Å². The van der Waals surface area contributed by atoms with E-state index in [2.05, 4.69) is 49.5 Å². The number of benzene rings is 1. The fourth-order valence-corrected chi connectivity index (χ4v) is 6.78. The molecule has 0 radical (unpaired) electrons. The molecule has 1 aliphatic rings. The molecule has 0 aliphatic carbocycles. The van der Waals surface area contributed by atoms with Crippen molar-refractivity contribution in [1.82, 2.24) is 5.32 Å². The molecule has 1 unspecified atom stereocenters. The summed E-state index contributed by atoms with van der Waals surface area (Å²) >= 11 is 0. The van der Waals surface area contributed by atoms with Crippen LogP contribution in [0.4, 0.5) is 0 Å². The van der Waals surface area contributed by atoms with Crippen LogP contribution in [0.2, 0.25) is 0 Å². The lowest BCUT2D eigenvalue weighted by Crippen LogP contribution is -2.53. The third-order valence-electron chi connectivity index (χ3n) is 9.57. The first-order chi connectivity index (χ1) is 21.2. The van der Waals surface area contributed by atoms with Gasteiger partial charge in [0, 0.05) is 18.4 Å². The van der Waals surface area contributed by atoms with Crippen molar-refractivity contribution in [3.63, 3.8) is 0 Å². The number of nitrogens with one attached hydrogen (secondary N) is 1. The van der Waals surface area contributed by atoms with Gasteiger partial charge in [-0.05, 0) is 12.8 Å². The zero-order chi connectivity index (χ0) is 30.7. The smallest absolute Gasteiger partial charge is 0.220 e. The highest BCUT2D eigenvalue weighted by molar-refractivity contribution is 5.77. The highest BCUT2D eigenvalue weighted by atomic mass is 16.1. The highest BCUT2D eigenvalue weighted by Crippen LogP contribution is 2.24. The molecule has 2 rings (SSSR count). The molecule has 0 fully saturated rings. The molecule has 1 amide bonds. The zero-order valence-electron chi connectivity index (χ0n) is 28.7. The van der Waals surface area contributed by atoms with Crippen molar-refractivity contribution in [2.75, 3.05) is 26.2 Å². The van der Waals surface area contributed by atoms with E-state index in [4.69, 9.17) is 4.99 Å². The summed E-state index contributed by atoms with van der Waals surface area (Å²) < 4.78 is 0.931. The first kappa shape index (κ1) is 37.5. The summed E-state index contributed by atoms with van der Waals surface area (Å²) in [7, 11) is 0. The first-order valence-electron chi connectivity index (χ1n) is 18.9. The third-order valence-corrected chi connectivity index (χ3v) is 9.57. The van der Waals surface area contributed by atoms with Gasteiger partial charge in [0.05, 0.1) is 13.1 Å². The summed E-state index contributed by atoms with van der Waals surface area (Å²) in [4.78, 5) is 17.7. The number of nitrogens with zero attached hydrogens (tertiary/aromatic N) is 2. The number of unbranched alkanes of at least 4 members (excludes halogenated alkanes) is 20. The van der Waals surface area contributed by atoms with Crippen LogP contribution >= 0.6 is 0 Å². The van der Waals surface area contributed by atoms with E-state index in [1.54, 1.807) is 0 Å². The molecule has 1 aromatic carbocycles. The molecular weight excluding hydrogens is 526 g/mol. The predicted molar refractivity (Wildman–Crippen MR) is 188 cm³/mol. The molecule has 0 bridgehead atoms. The normalized spacial score (nSPS) is 16.5. The molecule has 246 valence electrons. The van der Waals surface area contributed by atoms with Gasteiger partial charge in [-0.25, -0.2) is 4.99 Å². The molecule has 1 N–H and O–H groups in total. The lowest BCUT2D eigenvalue weighted by molar-refractivity contribution is -0.849. The van der Waals surface area contributed by atoms with Gasteiger partial charge in [0.2, 0.25) is 5.91 Å². The Morgan fingerprint density at radius 3 is 1.70 bits per heavy atom. The minimum absolute atomic E-state index is 0.233. The van der Waals surface area contributed by atoms with Crippen LogP contribution in [0.5, 0.6) is 0 Å². The maximum atomic E-state index is 12.7. The topological polar surface area (TPSA) is 41.5 Å². The fourth-order valence-electron chi connectivity index (χ4n) is 6.78. The molecule has 1 aliphatic heterocycles. The van der Waals surface area contributed by atoms with E-state index in [0.717, 1.165) is 50.0 Å². The van der Waals surface area contributed by atoms with Gasteiger partial charge < -0.3 is 5.32 Å². The lowest BCUT2D eigenvalue weighted by Gasteiger charge is -2.35. The van der Waals surface area contributed by atoms with Gasteiger partial charge >= 0.3 is 0 Å². The molecule has 1 heterocycles. The van der Waals surface area contributed by atoms with Gasteiger partial charge in [-0.2, -0.15) is 0 Å². The van der Waals surface area contributed by atoms with Crippen LogP contribution in [-0.4, -0.2) is 42.4 Å². The Morgan fingerprint density at radius 1 is 0.674 bits per heavy atom. The van der Waals surface area contributed by atoms with E-state index in [0.29, 0.717) is 6.42 Å². The van der Waals surface area contributed by atoms with Gasteiger partial charge in [-0.15, -0.1) is 0 Å². The van der Waals surface area contributed by atoms with Gasteiger partial charge in [0.1, 0.15) is 19.6 Å². The van der Waals surface area contributed by atoms with Crippen LogP contribution < -0.4 is 5.32 Å². The number of amidine groups is 1. The van der Waals surface area contributed by atoms with Gasteiger partial charge in [-0.1, -0.05) is 173 Å². The van der Waals surface area contributed by atoms with Gasteiger partial charge in [0.15, 0.2) is 5.84 Å². The Morgan fingerprint density at radius 2 is 1.16 bits per heavy atom. The third kappa shape index (κ3) is 18.0. The Kier molecular flexibility index (Phi) is 22.4. The largest absolute Gasteiger partial charge is 0.350 e. The maximum Gasteiger partial charge on any atom is 0.220 e. The summed E-state index contributed by atoms with van der Waals surface area (Å²) in [6.07, 6.45) is 31.4. The lowest BCUT2D eigenvalue weighted by atomic mass is 10.0. The van der Waals surface area contributed by atoms with E-state index < -0.39 is 0 Å². The number of rotatable bonds is 29. The van der Waals surface area contributed by atoms with Crippen LogP contribution in [0.25, 0.3) is 0 Å². The molecule has 43 heavy (non-hydrogen) atoms. The molecule has 0 aromatic heterocycles. The number of aliphatic imine (C=N–C) groups is 1. The van der Waals surface area contributed by atoms with Crippen molar-refractivity contribution in [3.05, 3.63) is 35.9 Å². The number of amides is 1. The fraction of sp³-hybridized carbons (Fsp3) is 0.795. The molecule has 1 atom stereocenters. The van der Waals surface area contributed by atoms with Crippen molar-refractivity contribution in [2.45, 2.75) is 174 Å². The molecule has 4 heteroatoms. The van der Waals surface area contributed by atoms with E-state index in [1.165, 1.54) is 146 Å². The van der Waals surface area contributed by atoms with Crippen LogP contribution in [-0.2, 0) is 11.3 Å². The van der Waals surface area contributed by atoms with E-state index in [9.17, 15) is 4.79 Å². The Hall–Kier alpha value is -1.68. The monoisotopic (exact) mass is 597 g/mol. The molecule has 1 aromatic rings. The number of carbonyl (C=O) groups excluding carboxylic acids is 1. The molecule has 4 nitrogen and oxygen atoms in total. The quantitative estimate of drug-likeness (QED) is 0.0725. The van der Waals surface area contributed by atoms with Gasteiger partial charge in [0.25, 0.3) is 0 Å². The number of carbonyl (C=O) groups is 1. The summed E-state index contributed by atoms with van der Waals surface area (Å²) in [6.45, 7) is 9.26. The summed E-state index contributed by atoms with van der Waals surface area (Å²) in [5.41, 5.74) is 1.38. The highest BCUT2D eigenvalue weighted by Gasteiger charge is 2.37. The first-order valence-corrected chi connectivity index (χ1v) is 18.9. The summed E-state index contributed by atoms with van der Waals surface area (Å²) in [6, 6.07) is 10.9. The van der Waals surface area contributed by atoms with E-state index >= 15 is 0 Å². The average Bonchev–Trinajstić information content (AvgIpc) is 3.40. The molecule has 0 saturated carbocycles. The predicted octanol–water partition coefficient (Wildman–Crippen LogP) is 10.9. The van der Waals surface area contributed by atoms with Crippen molar-refractivity contribution in [3.8, 4) is 0 Å². The van der Waals surface area contributed by atoms with Crippen molar-refractivity contribution in [2.24, 2.45) is 4.99 Å². The SMILES string of the molecule is CCCCCCCCCCCCCC(=O)NCC[N+]1(Cc2ccccc2)CCN=C1CCCCCCCCCCCCC. The Balaban J connectivity index is 1.65. The minimum atomic E-state index is 0.233. The number of quaternary nitrogens is 1. The second-order valence-corrected chi connectivity index (χ2v) is 13.5. The van der Waals surface area contributed by atoms with Crippen LogP contribution in [0.15, 0.2) is 35.3 Å². The number of hydrogen-bond acceptors (Lipinski definition) is 2. The van der Waals surface area contributed by atoms with Crippen molar-refractivity contribution in [1.29, 1.82) is 0 Å². The second-order valence-electron chi connectivity index (χ2n) is 13.5. The second kappa shape index (κ2) is 25.6. The number of hydrogen-bond donors (Lipinski definition) is 1. The Bertz CT molecular complexity index is 823. The molecule has 0 spiro atoms. The minimum Gasteiger partial charge on any atom is -0.350 e. The van der Waals surface area contributed by atoms with Crippen LogP contribution in [0, 0.1) is 0 Å². The van der Waals surface area contributed by atoms with Crippen molar-refractivity contribution < 1.29 is 9.28 Å². The van der Waals surface area contributed by atoms with Crippen molar-refractivity contribution >= 4 is 11.7 Å². The average molecular weight is 597 g/mol. The zero-order valence-corrected chi connectivity index (χ0v) is 28.7. The maximum absolute atomic E-state index is 12.7. The van der Waals surface area contributed by atoms with E-state index in [1.807, 2.05) is 0 Å². The Labute approximate surface area is 267 Å². The van der Waals surface area contributed by atoms with Crippen LogP contribution in [0.1, 0.15) is 174 Å². The van der Waals surface area contributed by atoms with Crippen LogP contribution in [0.3, 0.4) is 0 Å². The summed E-state index contributed by atoms with van der Waals surface area (Å²) in [5, 5.41) is 3.28. The molecule has 0 saturated heterocycles. The standard InChI is InChI=1S/C39H69N3O/c1-3-5-7-9-11-13-15-17-19-21-26-30-38-40-32-34-42(38,36-37-28-24-23-25-29-37)35-33-41-39(43)31-27-22-20-18-16-14-12-10-8-6-4-2/h23-25,28-29H,3-22,26-27,30-36H2,1-2H3/p+1. The van der Waals surface area contributed by atoms with Gasteiger partial charge in [-0.3, -0.25) is 9.28 Å².